The lowest BCUT2D eigenvalue weighted by molar-refractivity contribution is 0.172. The number of aryl methyl sites for hydroxylation is 3. The van der Waals surface area contributed by atoms with E-state index < -0.39 is 6.10 Å². The average molecular weight is 272 g/mol. The number of benzene rings is 1. The van der Waals surface area contributed by atoms with Crippen molar-refractivity contribution in [3.63, 3.8) is 0 Å². The van der Waals surface area contributed by atoms with Crippen molar-refractivity contribution in [1.29, 1.82) is 0 Å². The molecule has 1 aromatic carbocycles. The summed E-state index contributed by atoms with van der Waals surface area (Å²) >= 11 is 0. The van der Waals surface area contributed by atoms with Crippen molar-refractivity contribution < 1.29 is 5.11 Å². The fraction of sp³-hybridized carbons (Fsp3) is 0.471. The van der Waals surface area contributed by atoms with Crippen molar-refractivity contribution >= 4 is 0 Å². The first-order chi connectivity index (χ1) is 9.45. The molecule has 0 spiro atoms. The zero-order chi connectivity index (χ0) is 14.9. The second-order valence-corrected chi connectivity index (χ2v) is 5.54. The van der Waals surface area contributed by atoms with Gasteiger partial charge < -0.3 is 5.11 Å². The standard InChI is InChI=1S/C17H24N2O/c1-6-16(20)17-13(4)18-19(14(17)5)10-15-11(2)8-7-9-12(15)3/h7-9,16,20H,6,10H2,1-5H3. The van der Waals surface area contributed by atoms with Crippen LogP contribution < -0.4 is 0 Å². The fourth-order valence-electron chi connectivity index (χ4n) is 2.80. The molecular formula is C17H24N2O. The van der Waals surface area contributed by atoms with E-state index in [0.29, 0.717) is 0 Å². The highest BCUT2D eigenvalue weighted by Crippen LogP contribution is 2.25. The molecule has 2 rings (SSSR count). The first-order valence-corrected chi connectivity index (χ1v) is 7.22. The predicted octanol–water partition coefficient (Wildman–Crippen LogP) is 3.61. The van der Waals surface area contributed by atoms with Crippen LogP contribution in [0.4, 0.5) is 0 Å². The van der Waals surface area contributed by atoms with Gasteiger partial charge >= 0.3 is 0 Å². The van der Waals surface area contributed by atoms with Gasteiger partial charge in [0.05, 0.1) is 18.3 Å². The van der Waals surface area contributed by atoms with E-state index in [2.05, 4.69) is 37.1 Å². The maximum atomic E-state index is 10.1. The lowest BCUT2D eigenvalue weighted by Gasteiger charge is -2.12. The monoisotopic (exact) mass is 272 g/mol. The molecule has 0 aliphatic rings. The molecule has 0 aliphatic heterocycles. The second kappa shape index (κ2) is 5.80. The van der Waals surface area contributed by atoms with Crippen LogP contribution >= 0.6 is 0 Å². The quantitative estimate of drug-likeness (QED) is 0.923. The molecule has 0 aliphatic carbocycles. The molecule has 2 aromatic rings. The van der Waals surface area contributed by atoms with E-state index in [-0.39, 0.29) is 0 Å². The van der Waals surface area contributed by atoms with E-state index in [1.165, 1.54) is 16.7 Å². The molecule has 1 atom stereocenters. The molecule has 3 heteroatoms. The molecule has 108 valence electrons. The number of aromatic nitrogens is 2. The molecule has 0 saturated carbocycles. The van der Waals surface area contributed by atoms with Crippen molar-refractivity contribution in [2.75, 3.05) is 0 Å². The van der Waals surface area contributed by atoms with Gasteiger partial charge in [0, 0.05) is 11.3 Å². The minimum absolute atomic E-state index is 0.415. The molecule has 0 amide bonds. The fourth-order valence-corrected chi connectivity index (χ4v) is 2.80. The van der Waals surface area contributed by atoms with Gasteiger partial charge in [0.2, 0.25) is 0 Å². The molecule has 0 fully saturated rings. The third-order valence-electron chi connectivity index (χ3n) is 4.11. The third-order valence-corrected chi connectivity index (χ3v) is 4.11. The normalized spacial score (nSPS) is 12.7. The van der Waals surface area contributed by atoms with Crippen LogP contribution in [0.3, 0.4) is 0 Å². The molecule has 0 bridgehead atoms. The van der Waals surface area contributed by atoms with Gasteiger partial charge in [-0.05, 0) is 50.8 Å². The van der Waals surface area contributed by atoms with Crippen LogP contribution in [0.1, 0.15) is 53.1 Å². The zero-order valence-electron chi connectivity index (χ0n) is 13.1. The van der Waals surface area contributed by atoms with Crippen molar-refractivity contribution in [3.8, 4) is 0 Å². The summed E-state index contributed by atoms with van der Waals surface area (Å²) in [6, 6.07) is 6.35. The van der Waals surface area contributed by atoms with E-state index in [1.807, 2.05) is 25.5 Å². The minimum atomic E-state index is -0.415. The lowest BCUT2D eigenvalue weighted by Crippen LogP contribution is -2.08. The highest BCUT2D eigenvalue weighted by molar-refractivity contribution is 5.35. The smallest absolute Gasteiger partial charge is 0.0823 e. The van der Waals surface area contributed by atoms with E-state index in [9.17, 15) is 5.11 Å². The summed E-state index contributed by atoms with van der Waals surface area (Å²) in [6.07, 6.45) is 0.304. The van der Waals surface area contributed by atoms with Crippen LogP contribution in [-0.4, -0.2) is 14.9 Å². The van der Waals surface area contributed by atoms with Gasteiger partial charge in [0.1, 0.15) is 0 Å². The number of hydrogen-bond donors (Lipinski definition) is 1. The van der Waals surface area contributed by atoms with Crippen molar-refractivity contribution in [2.45, 2.75) is 53.7 Å². The van der Waals surface area contributed by atoms with Crippen molar-refractivity contribution in [2.24, 2.45) is 0 Å². The Morgan fingerprint density at radius 1 is 1.15 bits per heavy atom. The van der Waals surface area contributed by atoms with E-state index >= 15 is 0 Å². The summed E-state index contributed by atoms with van der Waals surface area (Å²) in [5.41, 5.74) is 6.88. The molecule has 1 aromatic heterocycles. The zero-order valence-corrected chi connectivity index (χ0v) is 13.1. The first kappa shape index (κ1) is 14.8. The van der Waals surface area contributed by atoms with Gasteiger partial charge in [-0.1, -0.05) is 25.1 Å². The SMILES string of the molecule is CCC(O)c1c(C)nn(Cc2c(C)cccc2C)c1C. The average Bonchev–Trinajstić information content (AvgIpc) is 2.68. The molecule has 0 radical (unpaired) electrons. The van der Waals surface area contributed by atoms with Crippen molar-refractivity contribution in [1.82, 2.24) is 9.78 Å². The molecule has 3 nitrogen and oxygen atoms in total. The largest absolute Gasteiger partial charge is 0.388 e. The summed E-state index contributed by atoms with van der Waals surface area (Å²) in [4.78, 5) is 0. The Kier molecular flexibility index (Phi) is 4.29. The van der Waals surface area contributed by atoms with E-state index in [4.69, 9.17) is 0 Å². The minimum Gasteiger partial charge on any atom is -0.388 e. The maximum Gasteiger partial charge on any atom is 0.0823 e. The van der Waals surface area contributed by atoms with Crippen LogP contribution in [0.2, 0.25) is 0 Å². The van der Waals surface area contributed by atoms with Gasteiger partial charge in [-0.25, -0.2) is 0 Å². The molecule has 0 saturated heterocycles. The number of rotatable bonds is 4. The Bertz CT molecular complexity index is 593. The third kappa shape index (κ3) is 2.63. The summed E-state index contributed by atoms with van der Waals surface area (Å²) in [7, 11) is 0. The first-order valence-electron chi connectivity index (χ1n) is 7.22. The summed E-state index contributed by atoms with van der Waals surface area (Å²) in [6.45, 7) is 11.0. The van der Waals surface area contributed by atoms with Gasteiger partial charge in [-0.2, -0.15) is 5.10 Å². The molecule has 1 unspecified atom stereocenters. The van der Waals surface area contributed by atoms with Gasteiger partial charge in [-0.15, -0.1) is 0 Å². The highest BCUT2D eigenvalue weighted by Gasteiger charge is 2.18. The van der Waals surface area contributed by atoms with Crippen LogP contribution in [0.25, 0.3) is 0 Å². The van der Waals surface area contributed by atoms with Crippen molar-refractivity contribution in [3.05, 3.63) is 51.8 Å². The van der Waals surface area contributed by atoms with E-state index in [0.717, 1.165) is 29.9 Å². The van der Waals surface area contributed by atoms with E-state index in [1.54, 1.807) is 0 Å². The number of hydrogen-bond acceptors (Lipinski definition) is 2. The molecule has 1 heterocycles. The van der Waals surface area contributed by atoms with Gasteiger partial charge in [0.25, 0.3) is 0 Å². The van der Waals surface area contributed by atoms with Crippen LogP contribution in [-0.2, 0) is 6.54 Å². The molecular weight excluding hydrogens is 248 g/mol. The van der Waals surface area contributed by atoms with Gasteiger partial charge in [0.15, 0.2) is 0 Å². The number of aliphatic hydroxyl groups excluding tert-OH is 1. The van der Waals surface area contributed by atoms with Crippen LogP contribution in [0.15, 0.2) is 18.2 Å². The molecule has 1 N–H and O–H groups in total. The highest BCUT2D eigenvalue weighted by atomic mass is 16.3. The Morgan fingerprint density at radius 3 is 2.30 bits per heavy atom. The Morgan fingerprint density at radius 2 is 1.75 bits per heavy atom. The Hall–Kier alpha value is -1.61. The van der Waals surface area contributed by atoms with Gasteiger partial charge in [-0.3, -0.25) is 4.68 Å². The molecule has 20 heavy (non-hydrogen) atoms. The predicted molar refractivity (Wildman–Crippen MR) is 82.0 cm³/mol. The summed E-state index contributed by atoms with van der Waals surface area (Å²) in [5, 5.41) is 14.7. The summed E-state index contributed by atoms with van der Waals surface area (Å²) < 4.78 is 2.01. The topological polar surface area (TPSA) is 38.1 Å². The Balaban J connectivity index is 2.40. The second-order valence-electron chi connectivity index (χ2n) is 5.54. The van der Waals surface area contributed by atoms with Crippen LogP contribution in [0, 0.1) is 27.7 Å². The maximum absolute atomic E-state index is 10.1. The van der Waals surface area contributed by atoms with Crippen LogP contribution in [0.5, 0.6) is 0 Å². The Labute approximate surface area is 121 Å². The lowest BCUT2D eigenvalue weighted by atomic mass is 10.0. The number of aliphatic hydroxyl groups is 1. The number of nitrogens with zero attached hydrogens (tertiary/aromatic N) is 2. The summed E-state index contributed by atoms with van der Waals surface area (Å²) in [5.74, 6) is 0.